The molecule has 2 heterocycles. The lowest BCUT2D eigenvalue weighted by molar-refractivity contribution is 0.476. The average Bonchev–Trinajstić information content (AvgIpc) is 3.48. The second-order valence-corrected chi connectivity index (χ2v) is 10.0. The molecule has 0 aliphatic carbocycles. The molecule has 36 heavy (non-hydrogen) atoms. The van der Waals surface area contributed by atoms with Crippen LogP contribution in [0.4, 0.5) is 0 Å². The van der Waals surface area contributed by atoms with Crippen molar-refractivity contribution in [3.05, 3.63) is 89.6 Å². The molecule has 6 heteroatoms. The first kappa shape index (κ1) is 23.8. The minimum Gasteiger partial charge on any atom is -0.508 e. The Balaban J connectivity index is 1.46. The van der Waals surface area contributed by atoms with E-state index >= 15 is 0 Å². The van der Waals surface area contributed by atoms with Crippen molar-refractivity contribution in [2.45, 2.75) is 39.5 Å². The molecule has 0 saturated heterocycles. The molecule has 5 nitrogen and oxygen atoms in total. The van der Waals surface area contributed by atoms with Gasteiger partial charge in [-0.3, -0.25) is 0 Å². The summed E-state index contributed by atoms with van der Waals surface area (Å²) in [5, 5.41) is 19.2. The van der Waals surface area contributed by atoms with Gasteiger partial charge in [-0.25, -0.2) is 0 Å². The minimum absolute atomic E-state index is 0.248. The molecule has 0 amide bonds. The van der Waals surface area contributed by atoms with Crippen molar-refractivity contribution in [2.75, 3.05) is 0 Å². The second-order valence-electron chi connectivity index (χ2n) is 8.97. The first-order valence-electron chi connectivity index (χ1n) is 12.1. The standard InChI is InChI=1S/C30H28N2O3S/c1-4-7-27-31-32-28(35-27)17-12-20-10-14-22(15-11-20)34-29-25-16-13-21(33)18-26(25)36-30(29)24-9-6-5-8-23(24)19(2)3/h5-6,8-19,33H,4,7H2,1-3H3. The Bertz CT molecular complexity index is 1510. The Morgan fingerprint density at radius 1 is 1.00 bits per heavy atom. The molecule has 0 spiro atoms. The van der Waals surface area contributed by atoms with E-state index in [1.807, 2.05) is 42.5 Å². The molecule has 0 fully saturated rings. The van der Waals surface area contributed by atoms with Crippen molar-refractivity contribution >= 4 is 33.6 Å². The number of aromatic nitrogens is 2. The number of aromatic hydroxyl groups is 1. The number of rotatable bonds is 8. The first-order valence-corrected chi connectivity index (χ1v) is 13.0. The number of ether oxygens (including phenoxy) is 1. The van der Waals surface area contributed by atoms with E-state index in [1.165, 1.54) is 5.56 Å². The third kappa shape index (κ3) is 5.04. The van der Waals surface area contributed by atoms with Gasteiger partial charge in [0.15, 0.2) is 5.75 Å². The first-order chi connectivity index (χ1) is 17.5. The number of hydrogen-bond donors (Lipinski definition) is 1. The van der Waals surface area contributed by atoms with E-state index in [2.05, 4.69) is 55.2 Å². The summed E-state index contributed by atoms with van der Waals surface area (Å²) >= 11 is 1.64. The summed E-state index contributed by atoms with van der Waals surface area (Å²) in [4.78, 5) is 1.06. The van der Waals surface area contributed by atoms with Gasteiger partial charge in [0.25, 0.3) is 0 Å². The van der Waals surface area contributed by atoms with Gasteiger partial charge in [0.2, 0.25) is 11.8 Å². The lowest BCUT2D eigenvalue weighted by Gasteiger charge is -2.14. The fourth-order valence-corrected chi connectivity index (χ4v) is 5.34. The van der Waals surface area contributed by atoms with Crippen molar-refractivity contribution in [1.82, 2.24) is 10.2 Å². The second kappa shape index (κ2) is 10.4. The zero-order chi connectivity index (χ0) is 25.1. The highest BCUT2D eigenvalue weighted by atomic mass is 32.1. The minimum atomic E-state index is 0.248. The molecule has 0 atom stereocenters. The van der Waals surface area contributed by atoms with Crippen molar-refractivity contribution in [3.8, 4) is 27.7 Å². The van der Waals surface area contributed by atoms with Crippen molar-refractivity contribution in [1.29, 1.82) is 0 Å². The maximum atomic E-state index is 10.1. The molecule has 1 N–H and O–H groups in total. The monoisotopic (exact) mass is 496 g/mol. The van der Waals surface area contributed by atoms with Crippen LogP contribution in [0.25, 0.3) is 32.7 Å². The molecule has 5 aromatic rings. The van der Waals surface area contributed by atoms with Crippen LogP contribution in [0.15, 0.2) is 71.1 Å². The van der Waals surface area contributed by atoms with Gasteiger partial charge in [-0.2, -0.15) is 0 Å². The SMILES string of the molecule is CCCc1nnc(C=Cc2ccc(Oc3c(-c4ccccc4C(C)C)sc4cc(O)ccc34)cc2)o1. The van der Waals surface area contributed by atoms with Crippen LogP contribution < -0.4 is 4.74 Å². The molecule has 0 unspecified atom stereocenters. The van der Waals surface area contributed by atoms with Crippen LogP contribution in [0.1, 0.15) is 56.0 Å². The maximum absolute atomic E-state index is 10.1. The van der Waals surface area contributed by atoms with E-state index in [-0.39, 0.29) is 5.75 Å². The smallest absolute Gasteiger partial charge is 0.240 e. The predicted molar refractivity (Wildman–Crippen MR) is 147 cm³/mol. The van der Waals surface area contributed by atoms with Gasteiger partial charge in [-0.1, -0.05) is 57.2 Å². The van der Waals surface area contributed by atoms with Crippen LogP contribution in [-0.4, -0.2) is 15.3 Å². The molecule has 2 aromatic heterocycles. The average molecular weight is 497 g/mol. The molecule has 0 aliphatic heterocycles. The number of phenols is 1. The summed E-state index contributed by atoms with van der Waals surface area (Å²) in [6, 6.07) is 21.8. The Labute approximate surface area is 214 Å². The largest absolute Gasteiger partial charge is 0.508 e. The molecule has 0 saturated carbocycles. The molecule has 182 valence electrons. The number of fused-ring (bicyclic) bond motifs is 1. The van der Waals surface area contributed by atoms with Gasteiger partial charge in [0.05, 0.1) is 4.88 Å². The highest BCUT2D eigenvalue weighted by Crippen LogP contribution is 2.48. The van der Waals surface area contributed by atoms with Crippen LogP contribution in [-0.2, 0) is 6.42 Å². The van der Waals surface area contributed by atoms with Gasteiger partial charge in [0, 0.05) is 22.6 Å². The van der Waals surface area contributed by atoms with Gasteiger partial charge in [0.1, 0.15) is 11.5 Å². The highest BCUT2D eigenvalue weighted by Gasteiger charge is 2.20. The Morgan fingerprint density at radius 2 is 1.81 bits per heavy atom. The predicted octanol–water partition coefficient (Wildman–Crippen LogP) is 8.70. The lowest BCUT2D eigenvalue weighted by Crippen LogP contribution is -1.92. The quantitative estimate of drug-likeness (QED) is 0.233. The number of nitrogens with zero attached hydrogens (tertiary/aromatic N) is 2. The number of phenolic OH excluding ortho intramolecular Hbond substituents is 1. The molecule has 0 aliphatic rings. The van der Waals surface area contributed by atoms with Gasteiger partial charge < -0.3 is 14.3 Å². The van der Waals surface area contributed by atoms with Crippen LogP contribution >= 0.6 is 11.3 Å². The fourth-order valence-electron chi connectivity index (χ4n) is 4.13. The molecular weight excluding hydrogens is 468 g/mol. The van der Waals surface area contributed by atoms with E-state index < -0.39 is 0 Å². The van der Waals surface area contributed by atoms with Crippen molar-refractivity contribution in [3.63, 3.8) is 0 Å². The Morgan fingerprint density at radius 3 is 2.58 bits per heavy atom. The summed E-state index contributed by atoms with van der Waals surface area (Å²) in [7, 11) is 0. The normalized spacial score (nSPS) is 11.7. The summed E-state index contributed by atoms with van der Waals surface area (Å²) in [5.41, 5.74) is 3.43. The number of thiophene rings is 1. The zero-order valence-electron chi connectivity index (χ0n) is 20.6. The summed E-state index contributed by atoms with van der Waals surface area (Å²) in [6.45, 7) is 6.48. The third-order valence-electron chi connectivity index (χ3n) is 5.92. The number of benzene rings is 3. The van der Waals surface area contributed by atoms with E-state index in [9.17, 15) is 5.11 Å². The number of hydrogen-bond acceptors (Lipinski definition) is 6. The highest BCUT2D eigenvalue weighted by molar-refractivity contribution is 7.22. The van der Waals surface area contributed by atoms with Gasteiger partial charge in [-0.05, 0) is 65.4 Å². The summed E-state index contributed by atoms with van der Waals surface area (Å²) in [6.07, 6.45) is 5.52. The summed E-state index contributed by atoms with van der Waals surface area (Å²) in [5.74, 6) is 3.33. The van der Waals surface area contributed by atoms with Crippen molar-refractivity contribution in [2.24, 2.45) is 0 Å². The lowest BCUT2D eigenvalue weighted by atomic mass is 9.96. The Kier molecular flexibility index (Phi) is 6.87. The zero-order valence-corrected chi connectivity index (χ0v) is 21.4. The maximum Gasteiger partial charge on any atom is 0.240 e. The topological polar surface area (TPSA) is 68.4 Å². The van der Waals surface area contributed by atoms with E-state index in [0.29, 0.717) is 17.7 Å². The summed E-state index contributed by atoms with van der Waals surface area (Å²) < 4.78 is 13.1. The fraction of sp³-hybridized carbons (Fsp3) is 0.200. The molecular formula is C30H28N2O3S. The molecule has 3 aromatic carbocycles. The van der Waals surface area contributed by atoms with Crippen molar-refractivity contribution < 1.29 is 14.3 Å². The van der Waals surface area contributed by atoms with E-state index in [4.69, 9.17) is 9.15 Å². The molecule has 0 bridgehead atoms. The molecule has 5 rings (SSSR count). The van der Waals surface area contributed by atoms with Gasteiger partial charge >= 0.3 is 0 Å². The molecule has 0 radical (unpaired) electrons. The van der Waals surface area contributed by atoms with Crippen LogP contribution in [0.2, 0.25) is 0 Å². The Hall–Kier alpha value is -3.90. The van der Waals surface area contributed by atoms with E-state index in [1.54, 1.807) is 23.5 Å². The van der Waals surface area contributed by atoms with Gasteiger partial charge in [-0.15, -0.1) is 21.5 Å². The van der Waals surface area contributed by atoms with Crippen LogP contribution in [0.3, 0.4) is 0 Å². The van der Waals surface area contributed by atoms with E-state index in [0.717, 1.165) is 50.4 Å². The van der Waals surface area contributed by atoms with Crippen LogP contribution in [0, 0.1) is 0 Å². The number of aryl methyl sites for hydroxylation is 1. The van der Waals surface area contributed by atoms with Crippen LogP contribution in [0.5, 0.6) is 17.2 Å². The third-order valence-corrected chi connectivity index (χ3v) is 7.09.